The first kappa shape index (κ1) is 13.2. The second kappa shape index (κ2) is 5.98. The van der Waals surface area contributed by atoms with Gasteiger partial charge in [-0.15, -0.1) is 0 Å². The number of thioether (sulfide) groups is 1. The molecule has 0 atom stereocenters. The second-order valence-corrected chi connectivity index (χ2v) is 5.04. The fraction of sp³-hybridized carbons (Fsp3) is 0.308. The predicted octanol–water partition coefficient (Wildman–Crippen LogP) is 3.59. The minimum atomic E-state index is 0.0952. The van der Waals surface area contributed by atoms with E-state index in [0.29, 0.717) is 5.75 Å². The summed E-state index contributed by atoms with van der Waals surface area (Å²) in [6.07, 6.45) is 0. The predicted molar refractivity (Wildman–Crippen MR) is 70.9 cm³/mol. The van der Waals surface area contributed by atoms with Crippen molar-refractivity contribution in [2.45, 2.75) is 20.8 Å². The van der Waals surface area contributed by atoms with Crippen molar-refractivity contribution < 1.29 is 4.79 Å². The third-order valence-electron chi connectivity index (χ3n) is 2.02. The van der Waals surface area contributed by atoms with Gasteiger partial charge in [-0.2, -0.15) is 0 Å². The van der Waals surface area contributed by atoms with Gasteiger partial charge >= 0.3 is 0 Å². The van der Waals surface area contributed by atoms with Gasteiger partial charge in [-0.1, -0.05) is 35.2 Å². The van der Waals surface area contributed by atoms with E-state index in [-0.39, 0.29) is 5.12 Å². The van der Waals surface area contributed by atoms with Crippen molar-refractivity contribution in [2.24, 2.45) is 0 Å². The van der Waals surface area contributed by atoms with Crippen molar-refractivity contribution in [3.05, 3.63) is 33.8 Å². The molecule has 1 rings (SSSR count). The normalized spacial score (nSPS) is 9.50. The molecule has 0 aromatic heterocycles. The molecule has 0 N–H and O–H groups in total. The molecule has 0 aliphatic carbocycles. The molecule has 0 aliphatic rings. The molecule has 1 aromatic rings. The maximum Gasteiger partial charge on any atom is 0.186 e. The average Bonchev–Trinajstić information content (AvgIpc) is 2.20. The molecule has 1 aromatic carbocycles. The van der Waals surface area contributed by atoms with E-state index in [1.165, 1.54) is 11.8 Å². The van der Waals surface area contributed by atoms with Gasteiger partial charge in [-0.25, -0.2) is 0 Å². The molecule has 0 aliphatic heterocycles. The van der Waals surface area contributed by atoms with E-state index in [1.54, 1.807) is 6.92 Å². The minimum absolute atomic E-state index is 0.0952. The van der Waals surface area contributed by atoms with Crippen molar-refractivity contribution in [3.63, 3.8) is 0 Å². The highest BCUT2D eigenvalue weighted by atomic mass is 35.5. The van der Waals surface area contributed by atoms with Gasteiger partial charge < -0.3 is 0 Å². The van der Waals surface area contributed by atoms with Crippen LogP contribution in [0.1, 0.15) is 23.6 Å². The molecular weight excluding hydrogens is 240 g/mol. The number of hydrogen-bond donors (Lipinski definition) is 0. The van der Waals surface area contributed by atoms with Crippen LogP contribution < -0.4 is 0 Å². The van der Waals surface area contributed by atoms with Crippen molar-refractivity contribution in [3.8, 4) is 11.8 Å². The van der Waals surface area contributed by atoms with Gasteiger partial charge in [0.25, 0.3) is 0 Å². The van der Waals surface area contributed by atoms with Crippen LogP contribution in [0.2, 0.25) is 5.02 Å². The highest BCUT2D eigenvalue weighted by Gasteiger charge is 2.00. The van der Waals surface area contributed by atoms with Crippen molar-refractivity contribution in [1.82, 2.24) is 0 Å². The summed E-state index contributed by atoms with van der Waals surface area (Å²) in [4.78, 5) is 10.7. The van der Waals surface area contributed by atoms with Crippen molar-refractivity contribution in [1.29, 1.82) is 0 Å². The first-order valence-corrected chi connectivity index (χ1v) is 6.26. The van der Waals surface area contributed by atoms with Gasteiger partial charge in [0.15, 0.2) is 5.12 Å². The summed E-state index contributed by atoms with van der Waals surface area (Å²) in [7, 11) is 0. The molecule has 0 spiro atoms. The molecule has 0 heterocycles. The lowest BCUT2D eigenvalue weighted by molar-refractivity contribution is -0.109. The SMILES string of the molecule is CC(=O)SCC#Cc1cc(C)c(Cl)c(C)c1. The number of benzene rings is 1. The summed E-state index contributed by atoms with van der Waals surface area (Å²) in [5, 5.41) is 0.890. The molecule has 0 saturated carbocycles. The Labute approximate surface area is 106 Å². The Morgan fingerprint density at radius 2 is 1.94 bits per heavy atom. The first-order valence-electron chi connectivity index (χ1n) is 4.89. The van der Waals surface area contributed by atoms with Gasteiger partial charge in [0.2, 0.25) is 0 Å². The molecule has 0 amide bonds. The van der Waals surface area contributed by atoms with Crippen LogP contribution in [-0.2, 0) is 4.79 Å². The topological polar surface area (TPSA) is 17.1 Å². The van der Waals surface area contributed by atoms with E-state index in [9.17, 15) is 4.79 Å². The molecule has 1 nitrogen and oxygen atoms in total. The number of halogens is 1. The van der Waals surface area contributed by atoms with Crippen LogP contribution in [0.3, 0.4) is 0 Å². The lowest BCUT2D eigenvalue weighted by atomic mass is 10.1. The molecule has 84 valence electrons. The van der Waals surface area contributed by atoms with Crippen LogP contribution in [0.4, 0.5) is 0 Å². The Hall–Kier alpha value is -0.910. The highest BCUT2D eigenvalue weighted by Crippen LogP contribution is 2.21. The Morgan fingerprint density at radius 1 is 1.38 bits per heavy atom. The summed E-state index contributed by atoms with van der Waals surface area (Å²) >= 11 is 7.28. The van der Waals surface area contributed by atoms with Crippen LogP contribution >= 0.6 is 23.4 Å². The average molecular weight is 253 g/mol. The maximum atomic E-state index is 10.7. The summed E-state index contributed by atoms with van der Waals surface area (Å²) in [6, 6.07) is 3.92. The third-order valence-corrected chi connectivity index (χ3v) is 3.31. The van der Waals surface area contributed by atoms with Crippen LogP contribution in [0.15, 0.2) is 12.1 Å². The summed E-state index contributed by atoms with van der Waals surface area (Å²) in [5.74, 6) is 6.52. The lowest BCUT2D eigenvalue weighted by Crippen LogP contribution is -1.86. The summed E-state index contributed by atoms with van der Waals surface area (Å²) < 4.78 is 0. The standard InChI is InChI=1S/C13H13ClOS/c1-9-7-12(8-10(2)13(9)14)5-4-6-16-11(3)15/h7-8H,6H2,1-3H3. The lowest BCUT2D eigenvalue weighted by Gasteiger charge is -2.02. The van der Waals surface area contributed by atoms with Gasteiger partial charge in [-0.3, -0.25) is 4.79 Å². The van der Waals surface area contributed by atoms with Gasteiger partial charge in [0.1, 0.15) is 0 Å². The molecule has 3 heteroatoms. The zero-order valence-electron chi connectivity index (χ0n) is 9.56. The highest BCUT2D eigenvalue weighted by molar-refractivity contribution is 8.13. The zero-order valence-corrected chi connectivity index (χ0v) is 11.1. The van der Waals surface area contributed by atoms with E-state index in [4.69, 9.17) is 11.6 Å². The van der Waals surface area contributed by atoms with E-state index < -0.39 is 0 Å². The van der Waals surface area contributed by atoms with Crippen LogP contribution in [0.5, 0.6) is 0 Å². The number of rotatable bonds is 1. The second-order valence-electron chi connectivity index (χ2n) is 3.51. The molecule has 0 radical (unpaired) electrons. The molecule has 0 unspecified atom stereocenters. The molecular formula is C13H13ClOS. The quantitative estimate of drug-likeness (QED) is 0.711. The molecule has 0 bridgehead atoms. The Bertz CT molecular complexity index is 446. The van der Waals surface area contributed by atoms with Crippen LogP contribution in [0, 0.1) is 25.7 Å². The minimum Gasteiger partial charge on any atom is -0.288 e. The fourth-order valence-electron chi connectivity index (χ4n) is 1.29. The van der Waals surface area contributed by atoms with Crippen molar-refractivity contribution >= 4 is 28.5 Å². The molecule has 0 fully saturated rings. The number of hydrogen-bond acceptors (Lipinski definition) is 2. The summed E-state index contributed by atoms with van der Waals surface area (Å²) in [5.41, 5.74) is 3.01. The van der Waals surface area contributed by atoms with E-state index in [0.717, 1.165) is 21.7 Å². The number of carbonyl (C=O) groups excluding carboxylic acids is 1. The Kier molecular flexibility index (Phi) is 4.92. The number of carbonyl (C=O) groups is 1. The maximum absolute atomic E-state index is 10.7. The van der Waals surface area contributed by atoms with Gasteiger partial charge in [0, 0.05) is 17.5 Å². The third kappa shape index (κ3) is 3.92. The first-order chi connectivity index (χ1) is 7.50. The smallest absolute Gasteiger partial charge is 0.186 e. The monoisotopic (exact) mass is 252 g/mol. The Balaban J connectivity index is 2.78. The molecule has 0 saturated heterocycles. The van der Waals surface area contributed by atoms with Gasteiger partial charge in [0.05, 0.1) is 5.75 Å². The van der Waals surface area contributed by atoms with Gasteiger partial charge in [-0.05, 0) is 37.1 Å². The fourth-order valence-corrected chi connectivity index (χ4v) is 1.75. The largest absolute Gasteiger partial charge is 0.288 e. The van der Waals surface area contributed by atoms with E-state index in [1.807, 2.05) is 26.0 Å². The van der Waals surface area contributed by atoms with E-state index in [2.05, 4.69) is 11.8 Å². The van der Waals surface area contributed by atoms with Crippen LogP contribution in [-0.4, -0.2) is 10.9 Å². The van der Waals surface area contributed by atoms with E-state index >= 15 is 0 Å². The zero-order chi connectivity index (χ0) is 12.1. The molecule has 16 heavy (non-hydrogen) atoms. The number of aryl methyl sites for hydroxylation is 2. The van der Waals surface area contributed by atoms with Crippen LogP contribution in [0.25, 0.3) is 0 Å². The Morgan fingerprint density at radius 3 is 2.44 bits per heavy atom. The van der Waals surface area contributed by atoms with Crippen molar-refractivity contribution in [2.75, 3.05) is 5.75 Å². The summed E-state index contributed by atoms with van der Waals surface area (Å²) in [6.45, 7) is 5.47.